The van der Waals surface area contributed by atoms with Crippen molar-refractivity contribution in [3.05, 3.63) is 0 Å². The van der Waals surface area contributed by atoms with Gasteiger partial charge < -0.3 is 0 Å². The predicted octanol–water partition coefficient (Wildman–Crippen LogP) is 1.54. The lowest BCUT2D eigenvalue weighted by Gasteiger charge is -2.02. The fourth-order valence-electron chi connectivity index (χ4n) is 0.462. The zero-order chi connectivity index (χ0) is 5.28. The number of aliphatic imine (C=N–C) groups is 1. The van der Waals surface area contributed by atoms with Gasteiger partial charge in [-0.2, -0.15) is 0 Å². The first-order chi connectivity index (χ1) is 3.30. The summed E-state index contributed by atoms with van der Waals surface area (Å²) < 4.78 is 0. The Bertz CT molecular complexity index is 90.1. The first kappa shape index (κ1) is 5.16. The average Bonchev–Trinajstić information content (AvgIpc) is 1.91. The summed E-state index contributed by atoms with van der Waals surface area (Å²) in [6.07, 6.45) is 0. The van der Waals surface area contributed by atoms with Crippen LogP contribution in [-0.4, -0.2) is 16.8 Å². The van der Waals surface area contributed by atoms with Crippen molar-refractivity contribution in [3.8, 4) is 0 Å². The second-order valence-electron chi connectivity index (χ2n) is 1.84. The van der Waals surface area contributed by atoms with Gasteiger partial charge in [-0.3, -0.25) is 4.99 Å². The predicted molar refractivity (Wildman–Crippen MR) is 35.0 cm³/mol. The minimum Gasteiger partial charge on any atom is -0.282 e. The molecule has 1 nitrogen and oxygen atoms in total. The molecule has 0 amide bonds. The Morgan fingerprint density at radius 3 is 2.43 bits per heavy atom. The van der Waals surface area contributed by atoms with Gasteiger partial charge in [0.25, 0.3) is 0 Å². The number of nitrogens with zero attached hydrogens (tertiary/aromatic N) is 1. The van der Waals surface area contributed by atoms with E-state index in [1.807, 2.05) is 17.3 Å². The molecule has 40 valence electrons. The molecule has 1 aliphatic rings. The molecular weight excluding hydrogens is 106 g/mol. The molecule has 0 saturated heterocycles. The molecular formula is C5H9NS. The summed E-state index contributed by atoms with van der Waals surface area (Å²) >= 11 is 1.81. The lowest BCUT2D eigenvalue weighted by Crippen LogP contribution is -2.06. The smallest absolute Gasteiger partial charge is 0.0597 e. The molecule has 0 radical (unpaired) electrons. The Morgan fingerprint density at radius 1 is 1.57 bits per heavy atom. The van der Waals surface area contributed by atoms with Gasteiger partial charge in [-0.25, -0.2) is 0 Å². The molecule has 0 N–H and O–H groups in total. The maximum Gasteiger partial charge on any atom is 0.0597 e. The van der Waals surface area contributed by atoms with Crippen LogP contribution in [0.25, 0.3) is 0 Å². The van der Waals surface area contributed by atoms with Gasteiger partial charge in [-0.1, -0.05) is 6.92 Å². The van der Waals surface area contributed by atoms with Crippen molar-refractivity contribution >= 4 is 17.3 Å². The van der Waals surface area contributed by atoms with Crippen LogP contribution in [0, 0.1) is 0 Å². The van der Waals surface area contributed by atoms with Crippen molar-refractivity contribution in [1.82, 2.24) is 0 Å². The highest BCUT2D eigenvalue weighted by Gasteiger charge is 2.13. The third-order valence-electron chi connectivity index (χ3n) is 1.25. The van der Waals surface area contributed by atoms with E-state index in [2.05, 4.69) is 18.8 Å². The average molecular weight is 115 g/mol. The summed E-state index contributed by atoms with van der Waals surface area (Å²) in [5, 5.41) is 0.708. The summed E-state index contributed by atoms with van der Waals surface area (Å²) in [7, 11) is 0. The Kier molecular flexibility index (Phi) is 1.38. The third kappa shape index (κ3) is 0.969. The Hall–Kier alpha value is 0.0200. The zero-order valence-corrected chi connectivity index (χ0v) is 5.40. The van der Waals surface area contributed by atoms with Crippen molar-refractivity contribution in [2.24, 2.45) is 4.99 Å². The fraction of sp³-hybridized carbons (Fsp3) is 0.800. The lowest BCUT2D eigenvalue weighted by molar-refractivity contribution is 0.751. The molecule has 0 aromatic carbocycles. The lowest BCUT2D eigenvalue weighted by atomic mass is 10.3. The van der Waals surface area contributed by atoms with Crippen molar-refractivity contribution in [2.75, 3.05) is 0 Å². The van der Waals surface area contributed by atoms with E-state index >= 15 is 0 Å². The first-order valence-corrected chi connectivity index (χ1v) is 3.42. The van der Waals surface area contributed by atoms with Crippen LogP contribution in [0.4, 0.5) is 0 Å². The normalized spacial score (nSPS) is 39.7. The van der Waals surface area contributed by atoms with Crippen LogP contribution < -0.4 is 0 Å². The highest BCUT2D eigenvalue weighted by atomic mass is 32.2. The van der Waals surface area contributed by atoms with E-state index in [1.54, 1.807) is 0 Å². The minimum absolute atomic E-state index is 0.546. The van der Waals surface area contributed by atoms with Gasteiger partial charge in [0.1, 0.15) is 0 Å². The van der Waals surface area contributed by atoms with Crippen molar-refractivity contribution in [2.45, 2.75) is 25.1 Å². The summed E-state index contributed by atoms with van der Waals surface area (Å²) in [6, 6.07) is 0.546. The maximum atomic E-state index is 4.16. The number of hydrogen-bond acceptors (Lipinski definition) is 2. The molecule has 2 atom stereocenters. The van der Waals surface area contributed by atoms with E-state index in [1.165, 1.54) is 0 Å². The van der Waals surface area contributed by atoms with E-state index < -0.39 is 0 Å². The van der Waals surface area contributed by atoms with E-state index in [4.69, 9.17) is 0 Å². The SMILES string of the molecule is CC1N=CS[C@@H]1C. The molecule has 1 heterocycles. The van der Waals surface area contributed by atoms with Crippen LogP contribution in [0.2, 0.25) is 0 Å². The quantitative estimate of drug-likeness (QED) is 0.466. The molecule has 0 fully saturated rings. The molecule has 0 aromatic heterocycles. The molecule has 0 bridgehead atoms. The molecule has 0 aromatic rings. The van der Waals surface area contributed by atoms with E-state index in [0.717, 1.165) is 0 Å². The third-order valence-corrected chi connectivity index (χ3v) is 2.32. The highest BCUT2D eigenvalue weighted by molar-refractivity contribution is 8.12. The van der Waals surface area contributed by atoms with Crippen LogP contribution >= 0.6 is 11.8 Å². The van der Waals surface area contributed by atoms with Gasteiger partial charge >= 0.3 is 0 Å². The van der Waals surface area contributed by atoms with Gasteiger partial charge in [0.2, 0.25) is 0 Å². The molecule has 2 heteroatoms. The minimum atomic E-state index is 0.546. The molecule has 0 aliphatic carbocycles. The molecule has 0 spiro atoms. The van der Waals surface area contributed by atoms with Crippen molar-refractivity contribution in [3.63, 3.8) is 0 Å². The standard InChI is InChI=1S/C5H9NS/c1-4-5(2)7-3-6-4/h3-5H,1-2H3/t4?,5-/m1/s1. The number of hydrogen-bond donors (Lipinski definition) is 0. The Balaban J connectivity index is 2.45. The van der Waals surface area contributed by atoms with Crippen molar-refractivity contribution < 1.29 is 0 Å². The van der Waals surface area contributed by atoms with E-state index in [0.29, 0.717) is 11.3 Å². The van der Waals surface area contributed by atoms with E-state index in [-0.39, 0.29) is 0 Å². The van der Waals surface area contributed by atoms with E-state index in [9.17, 15) is 0 Å². The van der Waals surface area contributed by atoms with Crippen LogP contribution in [0.5, 0.6) is 0 Å². The monoisotopic (exact) mass is 115 g/mol. The van der Waals surface area contributed by atoms with Gasteiger partial charge in [-0.15, -0.1) is 11.8 Å². The highest BCUT2D eigenvalue weighted by Crippen LogP contribution is 2.19. The molecule has 1 unspecified atom stereocenters. The molecule has 0 saturated carbocycles. The maximum absolute atomic E-state index is 4.16. The summed E-state index contributed by atoms with van der Waals surface area (Å²) in [5.74, 6) is 0. The summed E-state index contributed by atoms with van der Waals surface area (Å²) in [6.45, 7) is 4.34. The van der Waals surface area contributed by atoms with Gasteiger partial charge in [-0.05, 0) is 6.92 Å². The van der Waals surface area contributed by atoms with Gasteiger partial charge in [0, 0.05) is 5.25 Å². The second kappa shape index (κ2) is 1.86. The Morgan fingerprint density at radius 2 is 2.29 bits per heavy atom. The first-order valence-electron chi connectivity index (χ1n) is 2.48. The molecule has 7 heavy (non-hydrogen) atoms. The van der Waals surface area contributed by atoms with Crippen LogP contribution in [0.3, 0.4) is 0 Å². The topological polar surface area (TPSA) is 12.4 Å². The van der Waals surface area contributed by atoms with Crippen molar-refractivity contribution in [1.29, 1.82) is 0 Å². The zero-order valence-electron chi connectivity index (χ0n) is 4.59. The van der Waals surface area contributed by atoms with Crippen LogP contribution in [0.1, 0.15) is 13.8 Å². The van der Waals surface area contributed by atoms with Crippen LogP contribution in [0.15, 0.2) is 4.99 Å². The second-order valence-corrected chi connectivity index (χ2v) is 3.06. The molecule has 1 aliphatic heterocycles. The number of thioether (sulfide) groups is 1. The van der Waals surface area contributed by atoms with Crippen LogP contribution in [-0.2, 0) is 0 Å². The summed E-state index contributed by atoms with van der Waals surface area (Å²) in [4.78, 5) is 4.16. The van der Waals surface area contributed by atoms with Gasteiger partial charge in [0.05, 0.1) is 11.6 Å². The van der Waals surface area contributed by atoms with Gasteiger partial charge in [0.15, 0.2) is 0 Å². The fourth-order valence-corrected chi connectivity index (χ4v) is 1.21. The molecule has 1 rings (SSSR count). The largest absolute Gasteiger partial charge is 0.282 e. The summed E-state index contributed by atoms with van der Waals surface area (Å²) in [5.41, 5.74) is 1.94. The number of rotatable bonds is 0. The Labute approximate surface area is 48.2 Å².